The number of para-hydroxylation sites is 3. The monoisotopic (exact) mass is 1320 g/mol. The first-order chi connectivity index (χ1) is 50.6. The Labute approximate surface area is 548 Å². The summed E-state index contributed by atoms with van der Waals surface area (Å²) in [5.74, 6) is 1.05. The summed E-state index contributed by atoms with van der Waals surface area (Å²) in [6.45, 7) is -11.0. The van der Waals surface area contributed by atoms with Crippen molar-refractivity contribution in [1.29, 1.82) is 0 Å². The molecule has 3 heterocycles. The maximum atomic E-state index is 10.3. The van der Waals surface area contributed by atoms with E-state index in [1.807, 2.05) is 30.3 Å². The molecule has 13 aromatic rings. The molecule has 0 atom stereocenters. The van der Waals surface area contributed by atoms with Crippen LogP contribution in [0.3, 0.4) is 0 Å². The molecule has 0 amide bonds. The van der Waals surface area contributed by atoms with Crippen LogP contribution in [0.15, 0.2) is 249 Å². The predicted octanol–water partition coefficient (Wildman–Crippen LogP) is 15.9. The Balaban J connectivity index is 0.0000105. The van der Waals surface area contributed by atoms with Crippen LogP contribution in [0.1, 0.15) is 111 Å². The molecule has 3 aromatic heterocycles. The molecule has 420 valence electrons. The van der Waals surface area contributed by atoms with Crippen LogP contribution >= 0.6 is 0 Å². The van der Waals surface area contributed by atoms with E-state index in [4.69, 9.17) is 30.3 Å². The van der Waals surface area contributed by atoms with Gasteiger partial charge >= 0.3 is 0 Å². The van der Waals surface area contributed by atoms with E-state index in [2.05, 4.69) is 141 Å². The summed E-state index contributed by atoms with van der Waals surface area (Å²) in [6, 6.07) is 60.1. The zero-order chi connectivity index (χ0) is 77.9. The van der Waals surface area contributed by atoms with Crippen LogP contribution in [-0.2, 0) is 37.3 Å². The fraction of sp³-hybridized carbons (Fsp3) is 0.154. The van der Waals surface area contributed by atoms with E-state index in [-0.39, 0.29) is 60.4 Å². The van der Waals surface area contributed by atoms with Gasteiger partial charge in [-0.25, -0.2) is 4.98 Å². The molecule has 85 heavy (non-hydrogen) atoms. The van der Waals surface area contributed by atoms with Crippen LogP contribution in [0.25, 0.3) is 72.3 Å². The second-order valence-corrected chi connectivity index (χ2v) is 25.7. The Morgan fingerprint density at radius 2 is 1.22 bits per heavy atom. The summed E-state index contributed by atoms with van der Waals surface area (Å²) in [4.78, 5) is 4.99. The van der Waals surface area contributed by atoms with Crippen molar-refractivity contribution in [3.05, 3.63) is 284 Å². The SMILES string of the molecule is [2H]c1c([2H])c([2H])c(-c2cccc(-c3c([2H])c([2H])c4c(c3[2H])C(C([2H])([2H])[2H])(C([2H])([2H])[2H])C([2H])([2H])C([2H])([2H])C4(C([2H])([2H])[2H])C([2H])([2H])[2H])c2-[n+]2[c-]n(-c3[c-]c(Oc4[c-]c5c(cc4)c4cc([Si](c6ccccc6)(c6ccccc6)c6ccccc6)ccc4n5-c4cc(C(C)(C)C)ccn4)ccc3)c3ccccc32)c([2H])c1[2H].[Pt]. The molecule has 0 saturated carbocycles. The fourth-order valence-electron chi connectivity index (χ4n) is 11.7. The zero-order valence-electron chi connectivity index (χ0n) is 70.1. The van der Waals surface area contributed by atoms with Crippen molar-refractivity contribution in [2.45, 2.75) is 77.2 Å². The standard InChI is InChI=1S/C78H66N4OSi.Pt/c1-76(2,3)56-44-47-79-74(49-56)82-70-43-40-63(84(60-28-14-9-15-29-60,61-30-16-10-17-31-61)62-32-18-11-19-33-62)52-67(70)66-41-39-59(51-73(66)82)83-58-27-22-26-57(50-58)80-53-81(72-37-21-20-36-71(72)80)75-64(54-24-12-8-13-25-54)34-23-35-65(75)55-38-42-68-69(48-55)78(6,7)46-45-77(68,4)5;/h8-44,47-49,52H,45-46H2,1-7H3;/q-2;/i4D3,5D3,6D3,7D3,8D,12D,13D,24D,25D,38D,42D,45D2,46D2,48D;. The topological polar surface area (TPSA) is 35.9 Å². The summed E-state index contributed by atoms with van der Waals surface area (Å²) < 4.78 is 231. The van der Waals surface area contributed by atoms with Crippen molar-refractivity contribution < 1.29 is 63.3 Å². The van der Waals surface area contributed by atoms with Gasteiger partial charge in [-0.1, -0.05) is 248 Å². The molecule has 0 spiro atoms. The van der Waals surface area contributed by atoms with Gasteiger partial charge in [-0.2, -0.15) is 18.2 Å². The molecule has 0 bridgehead atoms. The van der Waals surface area contributed by atoms with Crippen molar-refractivity contribution in [2.24, 2.45) is 0 Å². The van der Waals surface area contributed by atoms with Crippen LogP contribution in [0.4, 0.5) is 0 Å². The number of imidazole rings is 1. The average Bonchev–Trinajstić information content (AvgIpc) is 1.07. The first-order valence-corrected chi connectivity index (χ1v) is 29.3. The fourth-order valence-corrected chi connectivity index (χ4v) is 16.4. The number of ether oxygens (including phenoxy) is 1. The van der Waals surface area contributed by atoms with E-state index in [9.17, 15) is 12.3 Å². The number of benzene rings is 10. The Morgan fingerprint density at radius 1 is 0.588 bits per heavy atom. The van der Waals surface area contributed by atoms with Crippen molar-refractivity contribution in [1.82, 2.24) is 14.1 Å². The number of rotatable bonds is 11. The van der Waals surface area contributed by atoms with Crippen LogP contribution < -0.4 is 30.1 Å². The molecular weight excluding hydrogens is 1230 g/mol. The van der Waals surface area contributed by atoms with Crippen molar-refractivity contribution in [3.63, 3.8) is 0 Å². The number of fused-ring (bicyclic) bond motifs is 5. The van der Waals surface area contributed by atoms with Gasteiger partial charge in [-0.3, -0.25) is 4.57 Å². The van der Waals surface area contributed by atoms with E-state index in [0.717, 1.165) is 27.0 Å². The van der Waals surface area contributed by atoms with Gasteiger partial charge in [-0.05, 0) is 118 Å². The minimum atomic E-state index is -4.63. The van der Waals surface area contributed by atoms with Gasteiger partial charge in [0, 0.05) is 66.2 Å². The largest absolute Gasteiger partial charge is 0.510 e. The van der Waals surface area contributed by atoms with Gasteiger partial charge in [0.05, 0.1) is 27.7 Å². The molecule has 5 nitrogen and oxygen atoms in total. The molecule has 0 radical (unpaired) electrons. The van der Waals surface area contributed by atoms with Gasteiger partial charge < -0.3 is 13.9 Å². The molecule has 0 saturated heterocycles. The quantitative estimate of drug-likeness (QED) is 0.0560. The molecule has 0 aliphatic heterocycles. The van der Waals surface area contributed by atoms with Gasteiger partial charge in [0.25, 0.3) is 6.33 Å². The zero-order valence-corrected chi connectivity index (χ0v) is 49.3. The summed E-state index contributed by atoms with van der Waals surface area (Å²) in [6.07, 6.45) is -4.17. The molecule has 14 rings (SSSR count). The smallest absolute Gasteiger partial charge is 0.268 e. The van der Waals surface area contributed by atoms with E-state index < -0.39 is 135 Å². The molecular formula is C78H66N4OPtSi-2. The number of aromatic nitrogens is 4. The van der Waals surface area contributed by atoms with Crippen molar-refractivity contribution >= 4 is 61.7 Å². The molecule has 1 aliphatic rings. The summed E-state index contributed by atoms with van der Waals surface area (Å²) >= 11 is 0. The molecule has 0 fully saturated rings. The number of nitrogens with zero attached hydrogens (tertiary/aromatic N) is 4. The summed E-state index contributed by atoms with van der Waals surface area (Å²) in [5.41, 5.74) is -11.9. The van der Waals surface area contributed by atoms with Gasteiger partial charge in [0.2, 0.25) is 0 Å². The average molecular weight is 1320 g/mol. The third kappa shape index (κ3) is 9.70. The van der Waals surface area contributed by atoms with Crippen LogP contribution in [0, 0.1) is 18.5 Å². The van der Waals surface area contributed by atoms with Gasteiger partial charge in [0.15, 0.2) is 8.07 Å². The van der Waals surface area contributed by atoms with Crippen LogP contribution in [0.5, 0.6) is 11.5 Å². The normalized spacial score (nSPS) is 19.7. The predicted molar refractivity (Wildman–Crippen MR) is 348 cm³/mol. The minimum Gasteiger partial charge on any atom is -0.510 e. The third-order valence-corrected chi connectivity index (χ3v) is 20.4. The number of hydrogen-bond donors (Lipinski definition) is 0. The Hall–Kier alpha value is -8.67. The first kappa shape index (κ1) is 34.3. The summed E-state index contributed by atoms with van der Waals surface area (Å²) in [7, 11) is -3.05. The summed E-state index contributed by atoms with van der Waals surface area (Å²) in [5, 5.41) is 6.49. The molecule has 7 heteroatoms. The molecule has 10 aromatic carbocycles. The van der Waals surface area contributed by atoms with Gasteiger partial charge in [-0.15, -0.1) is 29.7 Å². The Morgan fingerprint density at radius 3 is 1.91 bits per heavy atom. The maximum Gasteiger partial charge on any atom is 0.268 e. The first-order valence-electron chi connectivity index (χ1n) is 39.3. The number of pyridine rings is 1. The second-order valence-electron chi connectivity index (χ2n) is 21.9. The third-order valence-electron chi connectivity index (χ3n) is 15.6. The number of hydrogen-bond acceptors (Lipinski definition) is 2. The van der Waals surface area contributed by atoms with Crippen molar-refractivity contribution in [2.75, 3.05) is 0 Å². The van der Waals surface area contributed by atoms with Crippen molar-refractivity contribution in [3.8, 4) is 50.9 Å². The van der Waals surface area contributed by atoms with E-state index in [0.29, 0.717) is 16.9 Å². The molecule has 0 N–H and O–H groups in total. The van der Waals surface area contributed by atoms with E-state index in [1.165, 1.54) is 42.9 Å². The Bertz CT molecular complexity index is 5640. The van der Waals surface area contributed by atoms with Crippen LogP contribution in [-0.4, -0.2) is 22.2 Å². The Kier molecular flexibility index (Phi) is 8.78. The van der Waals surface area contributed by atoms with E-state index >= 15 is 0 Å². The molecule has 1 aliphatic carbocycles. The molecule has 0 unspecified atom stereocenters. The second kappa shape index (κ2) is 21.7. The van der Waals surface area contributed by atoms with Gasteiger partial charge in [0.1, 0.15) is 5.82 Å². The van der Waals surface area contributed by atoms with Crippen LogP contribution in [0.2, 0.25) is 0 Å². The minimum absolute atomic E-state index is 0. The maximum absolute atomic E-state index is 10.3. The van der Waals surface area contributed by atoms with E-state index in [1.54, 1.807) is 54.7 Å².